The highest BCUT2D eigenvalue weighted by Crippen LogP contribution is 2.42. The lowest BCUT2D eigenvalue weighted by Crippen LogP contribution is -2.30. The number of ether oxygens (including phenoxy) is 1. The lowest BCUT2D eigenvalue weighted by molar-refractivity contribution is -0.393. The first-order valence-corrected chi connectivity index (χ1v) is 10.4. The Bertz CT molecular complexity index is 1120. The number of azo groups is 1. The van der Waals surface area contributed by atoms with E-state index in [1.807, 2.05) is 0 Å². The molecule has 15 heteroatoms. The molecule has 0 atom stereocenters. The highest BCUT2D eigenvalue weighted by Gasteiger charge is 2.24. The Morgan fingerprint density at radius 2 is 1.76 bits per heavy atom. The first-order chi connectivity index (χ1) is 16.1. The van der Waals surface area contributed by atoms with Crippen molar-refractivity contribution in [2.45, 2.75) is 6.92 Å². The number of aliphatic hydroxyl groups is 2. The molecule has 0 saturated heterocycles. The quantitative estimate of drug-likeness (QED) is 0.217. The van der Waals surface area contributed by atoms with E-state index < -0.39 is 27.1 Å². The van der Waals surface area contributed by atoms with Gasteiger partial charge in [-0.25, -0.2) is 0 Å². The third-order valence-electron chi connectivity index (χ3n) is 4.38. The molecule has 0 fully saturated rings. The average molecular weight is 541 g/mol. The lowest BCUT2D eigenvalue weighted by atomic mass is 10.2. The zero-order valence-corrected chi connectivity index (χ0v) is 19.7. The van der Waals surface area contributed by atoms with Crippen LogP contribution in [0.2, 0.25) is 0 Å². The minimum absolute atomic E-state index is 0.0288. The summed E-state index contributed by atoms with van der Waals surface area (Å²) in [6.45, 7) is 1.18. The fourth-order valence-corrected chi connectivity index (χ4v) is 3.47. The van der Waals surface area contributed by atoms with E-state index in [1.54, 1.807) is 4.90 Å². The number of anilines is 2. The van der Waals surface area contributed by atoms with Crippen molar-refractivity contribution in [3.05, 3.63) is 49.0 Å². The van der Waals surface area contributed by atoms with Crippen LogP contribution in [-0.2, 0) is 4.79 Å². The van der Waals surface area contributed by atoms with Crippen molar-refractivity contribution in [2.75, 3.05) is 43.6 Å². The van der Waals surface area contributed by atoms with Crippen molar-refractivity contribution in [2.24, 2.45) is 10.2 Å². The number of aliphatic hydroxyl groups excluding tert-OH is 2. The van der Waals surface area contributed by atoms with Crippen molar-refractivity contribution in [3.8, 4) is 5.75 Å². The van der Waals surface area contributed by atoms with Crippen LogP contribution < -0.4 is 15.0 Å². The molecule has 2 aromatic carbocycles. The van der Waals surface area contributed by atoms with Crippen LogP contribution in [0.1, 0.15) is 6.92 Å². The Hall–Kier alpha value is -3.69. The van der Waals surface area contributed by atoms with Crippen LogP contribution in [0.3, 0.4) is 0 Å². The van der Waals surface area contributed by atoms with Crippen LogP contribution in [0.15, 0.2) is 39.0 Å². The predicted octanol–water partition coefficient (Wildman–Crippen LogP) is 3.44. The van der Waals surface area contributed by atoms with Gasteiger partial charge < -0.3 is 25.2 Å². The summed E-state index contributed by atoms with van der Waals surface area (Å²) < 4.78 is 5.36. The van der Waals surface area contributed by atoms with E-state index in [4.69, 9.17) is 4.74 Å². The van der Waals surface area contributed by atoms with Crippen LogP contribution in [-0.4, -0.2) is 59.4 Å². The molecule has 0 heterocycles. The van der Waals surface area contributed by atoms with Gasteiger partial charge in [0.15, 0.2) is 5.69 Å². The molecule has 0 aromatic heterocycles. The fraction of sp³-hybridized carbons (Fsp3) is 0.316. The molecule has 1 amide bonds. The maximum absolute atomic E-state index is 11.8. The van der Waals surface area contributed by atoms with E-state index in [9.17, 15) is 35.2 Å². The maximum atomic E-state index is 11.8. The number of amides is 1. The maximum Gasteiger partial charge on any atom is 0.304 e. The minimum Gasteiger partial charge on any atom is -0.494 e. The summed E-state index contributed by atoms with van der Waals surface area (Å²) in [5.74, 6) is -0.173. The average Bonchev–Trinajstić information content (AvgIpc) is 2.77. The monoisotopic (exact) mass is 540 g/mol. The zero-order chi connectivity index (χ0) is 25.4. The number of methoxy groups -OCH3 is 1. The highest BCUT2D eigenvalue weighted by molar-refractivity contribution is 9.10. The van der Waals surface area contributed by atoms with Gasteiger partial charge in [0.25, 0.3) is 5.69 Å². The number of hydrogen-bond acceptors (Lipinski definition) is 11. The molecule has 2 rings (SSSR count). The van der Waals surface area contributed by atoms with E-state index in [1.165, 1.54) is 26.2 Å². The van der Waals surface area contributed by atoms with E-state index in [-0.39, 0.29) is 53.6 Å². The van der Waals surface area contributed by atoms with Crippen LogP contribution >= 0.6 is 15.9 Å². The second-order valence-corrected chi connectivity index (χ2v) is 7.52. The molecule has 0 bridgehead atoms. The molecule has 0 saturated carbocycles. The van der Waals surface area contributed by atoms with E-state index >= 15 is 0 Å². The summed E-state index contributed by atoms with van der Waals surface area (Å²) >= 11 is 3.05. The SMILES string of the molecule is COc1cc(/N=N/c2c(Br)cc([N+](=O)[O-])cc2[N+](=O)[O-])c(NC(C)=O)cc1N(CCO)CCO. The Labute approximate surface area is 201 Å². The minimum atomic E-state index is -0.827. The van der Waals surface area contributed by atoms with Crippen LogP contribution in [0.25, 0.3) is 0 Å². The number of nitrogens with zero attached hydrogens (tertiary/aromatic N) is 5. The summed E-state index contributed by atoms with van der Waals surface area (Å²) in [4.78, 5) is 34.3. The van der Waals surface area contributed by atoms with Gasteiger partial charge in [-0.1, -0.05) is 0 Å². The molecule has 3 N–H and O–H groups in total. The molecule has 0 aliphatic heterocycles. The number of hydrogen-bond donors (Lipinski definition) is 3. The second kappa shape index (κ2) is 12.0. The van der Waals surface area contributed by atoms with Gasteiger partial charge in [-0.05, 0) is 22.0 Å². The summed E-state index contributed by atoms with van der Waals surface area (Å²) in [7, 11) is 1.38. The molecular formula is C19H21BrN6O8. The van der Waals surface area contributed by atoms with E-state index in [0.717, 1.165) is 12.1 Å². The van der Waals surface area contributed by atoms with Gasteiger partial charge in [0.05, 0.1) is 52.1 Å². The van der Waals surface area contributed by atoms with Crippen molar-refractivity contribution >= 4 is 56.0 Å². The van der Waals surface area contributed by atoms with E-state index in [0.29, 0.717) is 5.69 Å². The fourth-order valence-electron chi connectivity index (χ4n) is 2.95. The molecule has 0 aliphatic rings. The Kier molecular flexibility index (Phi) is 9.35. The van der Waals surface area contributed by atoms with Gasteiger partial charge in [-0.3, -0.25) is 25.0 Å². The van der Waals surface area contributed by atoms with Crippen molar-refractivity contribution in [1.29, 1.82) is 0 Å². The molecule has 14 nitrogen and oxygen atoms in total. The Morgan fingerprint density at radius 3 is 2.26 bits per heavy atom. The molecule has 34 heavy (non-hydrogen) atoms. The summed E-state index contributed by atoms with van der Waals surface area (Å²) in [6.07, 6.45) is 0. The zero-order valence-electron chi connectivity index (χ0n) is 18.1. The van der Waals surface area contributed by atoms with Gasteiger partial charge in [-0.15, -0.1) is 10.2 Å². The lowest BCUT2D eigenvalue weighted by Gasteiger charge is -2.26. The summed E-state index contributed by atoms with van der Waals surface area (Å²) in [5, 5.41) is 51.7. The molecule has 2 aromatic rings. The topological polar surface area (TPSA) is 193 Å². The van der Waals surface area contributed by atoms with Crippen molar-refractivity contribution < 1.29 is 29.6 Å². The molecule has 0 aliphatic carbocycles. The summed E-state index contributed by atoms with van der Waals surface area (Å²) in [6, 6.07) is 4.73. The number of rotatable bonds is 11. The van der Waals surface area contributed by atoms with Crippen LogP contribution in [0, 0.1) is 20.2 Å². The van der Waals surface area contributed by atoms with Crippen molar-refractivity contribution in [3.63, 3.8) is 0 Å². The first kappa shape index (κ1) is 26.6. The van der Waals surface area contributed by atoms with Crippen LogP contribution in [0.4, 0.5) is 34.1 Å². The number of non-ortho nitro benzene ring substituents is 1. The first-order valence-electron chi connectivity index (χ1n) is 9.63. The third-order valence-corrected chi connectivity index (χ3v) is 4.99. The molecule has 0 spiro atoms. The number of benzene rings is 2. The van der Waals surface area contributed by atoms with Gasteiger partial charge in [0, 0.05) is 32.1 Å². The predicted molar refractivity (Wildman–Crippen MR) is 125 cm³/mol. The number of nitrogens with one attached hydrogen (secondary N) is 1. The third kappa shape index (κ3) is 6.43. The summed E-state index contributed by atoms with van der Waals surface area (Å²) in [5.41, 5.74) is -0.732. The van der Waals surface area contributed by atoms with Crippen LogP contribution in [0.5, 0.6) is 5.75 Å². The number of carbonyl (C=O) groups is 1. The largest absolute Gasteiger partial charge is 0.494 e. The molecular weight excluding hydrogens is 520 g/mol. The Morgan fingerprint density at radius 1 is 1.12 bits per heavy atom. The highest BCUT2D eigenvalue weighted by atomic mass is 79.9. The second-order valence-electron chi connectivity index (χ2n) is 6.67. The number of halogens is 1. The molecule has 0 unspecified atom stereocenters. The van der Waals surface area contributed by atoms with Gasteiger partial charge in [0.1, 0.15) is 11.4 Å². The van der Waals surface area contributed by atoms with Gasteiger partial charge in [0.2, 0.25) is 5.91 Å². The number of nitro groups is 2. The normalized spacial score (nSPS) is 10.9. The van der Waals surface area contributed by atoms with Gasteiger partial charge in [-0.2, -0.15) is 0 Å². The number of carbonyl (C=O) groups excluding carboxylic acids is 1. The van der Waals surface area contributed by atoms with E-state index in [2.05, 4.69) is 31.5 Å². The smallest absolute Gasteiger partial charge is 0.304 e. The molecule has 0 radical (unpaired) electrons. The number of nitro benzene ring substituents is 2. The standard InChI is InChI=1S/C19H21BrN6O8/c1-11(29)21-14-9-16(24(3-5-27)4-6-28)18(34-2)10-15(14)22-23-19-13(20)7-12(25(30)31)8-17(19)26(32)33/h7-10,27-28H,3-6H2,1-2H3,(H,21,29)/b23-22+. The van der Waals surface area contributed by atoms with Gasteiger partial charge >= 0.3 is 5.69 Å². The van der Waals surface area contributed by atoms with Crippen molar-refractivity contribution in [1.82, 2.24) is 0 Å². The Balaban J connectivity index is 2.66. The molecule has 182 valence electrons.